The van der Waals surface area contributed by atoms with Gasteiger partial charge in [0.15, 0.2) is 0 Å². The van der Waals surface area contributed by atoms with Crippen molar-refractivity contribution in [3.05, 3.63) is 24.3 Å². The van der Waals surface area contributed by atoms with E-state index < -0.39 is 12.0 Å². The summed E-state index contributed by atoms with van der Waals surface area (Å²) in [5, 5.41) is 11.6. The fourth-order valence-corrected chi connectivity index (χ4v) is 1.85. The van der Waals surface area contributed by atoms with Gasteiger partial charge in [0.2, 0.25) is 0 Å². The number of hydrogen-bond acceptors (Lipinski definition) is 3. The molecule has 0 bridgehead atoms. The number of carbonyl (C=O) groups excluding carboxylic acids is 1. The van der Waals surface area contributed by atoms with Gasteiger partial charge in [-0.3, -0.25) is 4.79 Å². The maximum absolute atomic E-state index is 12.1. The third-order valence-electron chi connectivity index (χ3n) is 2.73. The first-order valence-corrected chi connectivity index (χ1v) is 6.49. The Labute approximate surface area is 119 Å². The molecular weight excluding hydrogens is 258 g/mol. The molecule has 110 valence electrons. The highest BCUT2D eigenvalue weighted by atomic mass is 16.4. The molecule has 0 saturated heterocycles. The van der Waals surface area contributed by atoms with E-state index in [1.54, 1.807) is 6.07 Å². The van der Waals surface area contributed by atoms with Gasteiger partial charge in [0.1, 0.15) is 6.54 Å². The van der Waals surface area contributed by atoms with E-state index in [4.69, 9.17) is 5.11 Å². The highest BCUT2D eigenvalue weighted by molar-refractivity contribution is 5.94. The van der Waals surface area contributed by atoms with Gasteiger partial charge >= 0.3 is 12.0 Å². The zero-order chi connectivity index (χ0) is 15.1. The van der Waals surface area contributed by atoms with Crippen molar-refractivity contribution in [2.45, 2.75) is 13.3 Å². The number of benzene rings is 1. The molecule has 0 spiro atoms. The van der Waals surface area contributed by atoms with Crippen molar-refractivity contribution in [1.29, 1.82) is 0 Å². The zero-order valence-corrected chi connectivity index (χ0v) is 12.1. The number of urea groups is 1. The lowest BCUT2D eigenvalue weighted by atomic mass is 10.2. The second-order valence-corrected chi connectivity index (χ2v) is 4.66. The normalized spacial score (nSPS) is 9.95. The molecule has 0 aromatic heterocycles. The summed E-state index contributed by atoms with van der Waals surface area (Å²) in [7, 11) is 3.76. The highest BCUT2D eigenvalue weighted by Crippen LogP contribution is 2.23. The van der Waals surface area contributed by atoms with Crippen LogP contribution in [0.5, 0.6) is 0 Å². The number of anilines is 2. The summed E-state index contributed by atoms with van der Waals surface area (Å²) in [6.07, 6.45) is 0.704. The summed E-state index contributed by atoms with van der Waals surface area (Å²) in [5.74, 6) is -1.02. The van der Waals surface area contributed by atoms with Crippen molar-refractivity contribution in [3.63, 3.8) is 0 Å². The lowest BCUT2D eigenvalue weighted by Gasteiger charge is -2.23. The molecule has 0 fully saturated rings. The molecule has 0 aliphatic rings. The molecule has 1 aromatic carbocycles. The Morgan fingerprint density at radius 1 is 1.25 bits per heavy atom. The molecule has 2 amide bonds. The van der Waals surface area contributed by atoms with Crippen molar-refractivity contribution in [1.82, 2.24) is 4.90 Å². The maximum atomic E-state index is 12.1. The Bertz CT molecular complexity index is 474. The predicted molar refractivity (Wildman–Crippen MR) is 79.3 cm³/mol. The average molecular weight is 279 g/mol. The lowest BCUT2D eigenvalue weighted by molar-refractivity contribution is -0.137. The minimum absolute atomic E-state index is 0.302. The molecule has 0 heterocycles. The summed E-state index contributed by atoms with van der Waals surface area (Å²) >= 11 is 0. The number of hydrogen-bond donors (Lipinski definition) is 2. The molecule has 6 heteroatoms. The van der Waals surface area contributed by atoms with Crippen molar-refractivity contribution in [3.8, 4) is 0 Å². The van der Waals surface area contributed by atoms with E-state index in [1.807, 2.05) is 44.1 Å². The van der Waals surface area contributed by atoms with Gasteiger partial charge in [-0.1, -0.05) is 19.1 Å². The Morgan fingerprint density at radius 3 is 2.45 bits per heavy atom. The fraction of sp³-hybridized carbons (Fsp3) is 0.429. The molecule has 0 atom stereocenters. The Kier molecular flexibility index (Phi) is 5.83. The van der Waals surface area contributed by atoms with Crippen molar-refractivity contribution < 1.29 is 14.7 Å². The van der Waals surface area contributed by atoms with E-state index >= 15 is 0 Å². The summed E-state index contributed by atoms with van der Waals surface area (Å²) in [5.41, 5.74) is 1.53. The van der Waals surface area contributed by atoms with Crippen molar-refractivity contribution in [2.75, 3.05) is 37.4 Å². The lowest BCUT2D eigenvalue weighted by Crippen LogP contribution is -2.39. The van der Waals surface area contributed by atoms with Crippen LogP contribution in [-0.2, 0) is 4.79 Å². The number of amides is 2. The van der Waals surface area contributed by atoms with Crippen LogP contribution in [0, 0.1) is 0 Å². The van der Waals surface area contributed by atoms with Crippen LogP contribution < -0.4 is 10.2 Å². The topological polar surface area (TPSA) is 72.9 Å². The summed E-state index contributed by atoms with van der Waals surface area (Å²) in [6.45, 7) is 2.00. The fourth-order valence-electron chi connectivity index (χ4n) is 1.85. The van der Waals surface area contributed by atoms with Gasteiger partial charge in [0.25, 0.3) is 0 Å². The average Bonchev–Trinajstić information content (AvgIpc) is 2.38. The Balaban J connectivity index is 2.85. The first-order chi connectivity index (χ1) is 9.45. The van der Waals surface area contributed by atoms with E-state index in [-0.39, 0.29) is 6.54 Å². The molecule has 0 aliphatic heterocycles. The predicted octanol–water partition coefficient (Wildman–Crippen LogP) is 2.08. The smallest absolute Gasteiger partial charge is 0.323 e. The molecule has 1 rings (SSSR count). The van der Waals surface area contributed by atoms with Crippen LogP contribution >= 0.6 is 0 Å². The van der Waals surface area contributed by atoms with E-state index in [1.165, 1.54) is 4.90 Å². The minimum Gasteiger partial charge on any atom is -0.480 e. The summed E-state index contributed by atoms with van der Waals surface area (Å²) in [4.78, 5) is 26.1. The van der Waals surface area contributed by atoms with Gasteiger partial charge < -0.3 is 20.2 Å². The largest absolute Gasteiger partial charge is 0.480 e. The van der Waals surface area contributed by atoms with Crippen LogP contribution in [0.3, 0.4) is 0 Å². The molecule has 0 aliphatic carbocycles. The molecule has 20 heavy (non-hydrogen) atoms. The third kappa shape index (κ3) is 4.46. The van der Waals surface area contributed by atoms with Crippen LogP contribution in [0.2, 0.25) is 0 Å². The molecule has 6 nitrogen and oxygen atoms in total. The van der Waals surface area contributed by atoms with E-state index in [2.05, 4.69) is 5.32 Å². The van der Waals surface area contributed by atoms with Crippen LogP contribution in [0.1, 0.15) is 13.3 Å². The number of para-hydroxylation sites is 2. The Morgan fingerprint density at radius 2 is 1.90 bits per heavy atom. The van der Waals surface area contributed by atoms with Crippen LogP contribution in [0.4, 0.5) is 16.2 Å². The number of carboxylic acid groups (broad SMARTS) is 1. The molecule has 2 N–H and O–H groups in total. The van der Waals surface area contributed by atoms with Crippen LogP contribution in [0.15, 0.2) is 24.3 Å². The van der Waals surface area contributed by atoms with Gasteiger partial charge in [0, 0.05) is 20.6 Å². The van der Waals surface area contributed by atoms with Gasteiger partial charge in [-0.05, 0) is 18.6 Å². The second-order valence-electron chi connectivity index (χ2n) is 4.66. The molecule has 0 radical (unpaired) electrons. The zero-order valence-electron chi connectivity index (χ0n) is 12.1. The number of aliphatic carboxylic acids is 1. The van der Waals surface area contributed by atoms with E-state index in [9.17, 15) is 9.59 Å². The van der Waals surface area contributed by atoms with E-state index in [0.717, 1.165) is 5.69 Å². The number of nitrogens with one attached hydrogen (secondary N) is 1. The second kappa shape index (κ2) is 7.37. The number of nitrogens with zero attached hydrogens (tertiary/aromatic N) is 2. The first kappa shape index (κ1) is 15.8. The molecule has 0 unspecified atom stereocenters. The number of carboxylic acids is 1. The Hall–Kier alpha value is -2.24. The van der Waals surface area contributed by atoms with Crippen molar-refractivity contribution >= 4 is 23.4 Å². The molecule has 0 saturated carbocycles. The van der Waals surface area contributed by atoms with Gasteiger partial charge in [-0.25, -0.2) is 4.79 Å². The monoisotopic (exact) mass is 279 g/mol. The molecule has 1 aromatic rings. The third-order valence-corrected chi connectivity index (χ3v) is 2.73. The van der Waals surface area contributed by atoms with Gasteiger partial charge in [-0.15, -0.1) is 0 Å². The van der Waals surface area contributed by atoms with Gasteiger partial charge in [-0.2, -0.15) is 0 Å². The highest BCUT2D eigenvalue weighted by Gasteiger charge is 2.17. The summed E-state index contributed by atoms with van der Waals surface area (Å²) < 4.78 is 0. The minimum atomic E-state index is -1.02. The van der Waals surface area contributed by atoms with Crippen LogP contribution in [0.25, 0.3) is 0 Å². The van der Waals surface area contributed by atoms with Gasteiger partial charge in [0.05, 0.1) is 11.4 Å². The summed E-state index contributed by atoms with van der Waals surface area (Å²) in [6, 6.07) is 6.98. The number of rotatable bonds is 6. The van der Waals surface area contributed by atoms with E-state index in [0.29, 0.717) is 18.7 Å². The number of carbonyl (C=O) groups is 2. The van der Waals surface area contributed by atoms with Crippen LogP contribution in [-0.4, -0.2) is 49.2 Å². The standard InChI is InChI=1S/C14H21N3O3/c1-4-9-17(10-13(18)19)14(20)15-11-7-5-6-8-12(11)16(2)3/h5-8H,4,9-10H2,1-3H3,(H,15,20)(H,18,19). The SMILES string of the molecule is CCCN(CC(=O)O)C(=O)Nc1ccccc1N(C)C. The molecular formula is C14H21N3O3. The quantitative estimate of drug-likeness (QED) is 0.836. The first-order valence-electron chi connectivity index (χ1n) is 6.49. The maximum Gasteiger partial charge on any atom is 0.323 e. The van der Waals surface area contributed by atoms with Crippen molar-refractivity contribution in [2.24, 2.45) is 0 Å².